The van der Waals surface area contributed by atoms with Crippen molar-refractivity contribution >= 4 is 28.1 Å². The molecule has 0 atom stereocenters. The monoisotopic (exact) mass is 305 g/mol. The summed E-state index contributed by atoms with van der Waals surface area (Å²) >= 11 is 1.41. The van der Waals surface area contributed by atoms with E-state index in [0.717, 1.165) is 30.5 Å². The van der Waals surface area contributed by atoms with E-state index in [2.05, 4.69) is 10.3 Å². The molecule has 2 rings (SSSR count). The quantitative estimate of drug-likeness (QED) is 0.656. The molecule has 0 saturated carbocycles. The fraction of sp³-hybridized carbons (Fsp3) is 0.286. The second-order valence-corrected chi connectivity index (χ2v) is 5.46. The predicted molar refractivity (Wildman–Crippen MR) is 81.5 cm³/mol. The second-order valence-electron chi connectivity index (χ2n) is 4.60. The molecule has 1 aromatic heterocycles. The van der Waals surface area contributed by atoms with E-state index in [1.165, 1.54) is 30.4 Å². The Bertz CT molecular complexity index is 637. The molecule has 0 aliphatic carbocycles. The number of aryl methyl sites for hydroxylation is 2. The van der Waals surface area contributed by atoms with Gasteiger partial charge in [-0.3, -0.25) is 14.9 Å². The maximum absolute atomic E-state index is 10.9. The summed E-state index contributed by atoms with van der Waals surface area (Å²) in [5.41, 5.74) is 2.13. The maximum Gasteiger partial charge on any atom is 0.269 e. The molecule has 0 spiro atoms. The molecule has 2 aromatic rings. The van der Waals surface area contributed by atoms with Crippen LogP contribution < -0.4 is 5.32 Å². The molecule has 0 unspecified atom stereocenters. The largest absolute Gasteiger partial charge is 0.302 e. The highest BCUT2D eigenvalue weighted by Gasteiger charge is 2.05. The molecule has 1 aromatic carbocycles. The Balaban J connectivity index is 1.82. The highest BCUT2D eigenvalue weighted by molar-refractivity contribution is 7.13. The number of thiazole rings is 1. The van der Waals surface area contributed by atoms with Gasteiger partial charge in [-0.05, 0) is 24.8 Å². The number of non-ortho nitro benzene ring substituents is 1. The number of hydrogen-bond acceptors (Lipinski definition) is 5. The number of aromatic nitrogens is 1. The molecule has 0 aliphatic rings. The van der Waals surface area contributed by atoms with Crippen LogP contribution in [0.2, 0.25) is 0 Å². The van der Waals surface area contributed by atoms with Crippen LogP contribution in [0.5, 0.6) is 0 Å². The minimum atomic E-state index is -0.400. The molecule has 110 valence electrons. The first-order valence-electron chi connectivity index (χ1n) is 6.50. The van der Waals surface area contributed by atoms with Gasteiger partial charge >= 0.3 is 0 Å². The fourth-order valence-corrected chi connectivity index (χ4v) is 2.68. The number of nitrogens with zero attached hydrogens (tertiary/aromatic N) is 2. The molecule has 7 heteroatoms. The Kier molecular flexibility index (Phi) is 4.99. The Labute approximate surface area is 126 Å². The van der Waals surface area contributed by atoms with Gasteiger partial charge < -0.3 is 5.32 Å². The summed E-state index contributed by atoms with van der Waals surface area (Å²) in [4.78, 5) is 25.4. The molecule has 0 fully saturated rings. The van der Waals surface area contributed by atoms with E-state index in [9.17, 15) is 14.9 Å². The molecular formula is C14H15N3O3S. The Morgan fingerprint density at radius 2 is 2.05 bits per heavy atom. The average Bonchev–Trinajstić information content (AvgIpc) is 2.86. The van der Waals surface area contributed by atoms with Crippen LogP contribution in [0.15, 0.2) is 29.6 Å². The van der Waals surface area contributed by atoms with Crippen molar-refractivity contribution < 1.29 is 9.72 Å². The lowest BCUT2D eigenvalue weighted by molar-refractivity contribution is -0.384. The molecular weight excluding hydrogens is 290 g/mol. The summed E-state index contributed by atoms with van der Waals surface area (Å²) in [7, 11) is 0. The third-order valence-electron chi connectivity index (χ3n) is 2.88. The van der Waals surface area contributed by atoms with Crippen LogP contribution in [-0.4, -0.2) is 15.8 Å². The molecule has 1 heterocycles. The number of carbonyl (C=O) groups excluding carboxylic acids is 1. The van der Waals surface area contributed by atoms with E-state index in [1.807, 2.05) is 5.38 Å². The van der Waals surface area contributed by atoms with Crippen LogP contribution in [0.1, 0.15) is 24.6 Å². The van der Waals surface area contributed by atoms with Crippen molar-refractivity contribution in [3.63, 3.8) is 0 Å². The van der Waals surface area contributed by atoms with Gasteiger partial charge in [-0.2, -0.15) is 0 Å². The number of hydrogen-bond donors (Lipinski definition) is 1. The molecule has 0 bridgehead atoms. The third-order valence-corrected chi connectivity index (χ3v) is 3.69. The highest BCUT2D eigenvalue weighted by atomic mass is 32.1. The van der Waals surface area contributed by atoms with Crippen molar-refractivity contribution in [2.45, 2.75) is 26.2 Å². The first kappa shape index (κ1) is 15.1. The molecule has 6 nitrogen and oxygen atoms in total. The third kappa shape index (κ3) is 4.64. The summed E-state index contributed by atoms with van der Waals surface area (Å²) in [5, 5.41) is 15.8. The smallest absolute Gasteiger partial charge is 0.269 e. The van der Waals surface area contributed by atoms with E-state index in [-0.39, 0.29) is 11.6 Å². The van der Waals surface area contributed by atoms with Crippen molar-refractivity contribution in [3.8, 4) is 0 Å². The highest BCUT2D eigenvalue weighted by Crippen LogP contribution is 2.18. The standard InChI is InChI=1S/C14H15N3O3S/c1-10(18)15-14-16-12(9-21-14)4-2-3-11-5-7-13(8-6-11)17(19)20/h5-9H,2-4H2,1H3,(H,15,16,18). The first-order chi connectivity index (χ1) is 10.0. The Morgan fingerprint density at radius 3 is 2.67 bits per heavy atom. The summed E-state index contributed by atoms with van der Waals surface area (Å²) < 4.78 is 0. The van der Waals surface area contributed by atoms with Crippen molar-refractivity contribution in [3.05, 3.63) is 51.0 Å². The van der Waals surface area contributed by atoms with Crippen molar-refractivity contribution in [2.75, 3.05) is 5.32 Å². The van der Waals surface area contributed by atoms with Crippen LogP contribution in [-0.2, 0) is 17.6 Å². The first-order valence-corrected chi connectivity index (χ1v) is 7.38. The Hall–Kier alpha value is -2.28. The van der Waals surface area contributed by atoms with Gasteiger partial charge in [0.25, 0.3) is 5.69 Å². The second kappa shape index (κ2) is 6.94. The van der Waals surface area contributed by atoms with Gasteiger partial charge in [0.15, 0.2) is 5.13 Å². The van der Waals surface area contributed by atoms with Gasteiger partial charge in [0, 0.05) is 24.4 Å². The molecule has 0 aliphatic heterocycles. The van der Waals surface area contributed by atoms with Gasteiger partial charge in [0.1, 0.15) is 0 Å². The average molecular weight is 305 g/mol. The van der Waals surface area contributed by atoms with E-state index in [1.54, 1.807) is 12.1 Å². The van der Waals surface area contributed by atoms with Crippen LogP contribution in [0.4, 0.5) is 10.8 Å². The lowest BCUT2D eigenvalue weighted by Gasteiger charge is -2.00. The van der Waals surface area contributed by atoms with Gasteiger partial charge in [0.2, 0.25) is 5.91 Å². The predicted octanol–water partition coefficient (Wildman–Crippen LogP) is 3.19. The van der Waals surface area contributed by atoms with Crippen LogP contribution in [0, 0.1) is 10.1 Å². The van der Waals surface area contributed by atoms with Gasteiger partial charge in [-0.15, -0.1) is 11.3 Å². The number of benzene rings is 1. The van der Waals surface area contributed by atoms with Gasteiger partial charge in [-0.25, -0.2) is 4.98 Å². The summed E-state index contributed by atoms with van der Waals surface area (Å²) in [6.07, 6.45) is 2.55. The minimum Gasteiger partial charge on any atom is -0.302 e. The van der Waals surface area contributed by atoms with E-state index in [0.29, 0.717) is 5.13 Å². The van der Waals surface area contributed by atoms with E-state index in [4.69, 9.17) is 0 Å². The van der Waals surface area contributed by atoms with Gasteiger partial charge in [0.05, 0.1) is 10.6 Å². The zero-order valence-electron chi connectivity index (χ0n) is 11.5. The SMILES string of the molecule is CC(=O)Nc1nc(CCCc2ccc([N+](=O)[O-])cc2)cs1. The van der Waals surface area contributed by atoms with Crippen LogP contribution >= 0.6 is 11.3 Å². The molecule has 21 heavy (non-hydrogen) atoms. The molecule has 1 N–H and O–H groups in total. The van der Waals surface area contributed by atoms with Crippen LogP contribution in [0.25, 0.3) is 0 Å². The molecule has 1 amide bonds. The minimum absolute atomic E-state index is 0.109. The van der Waals surface area contributed by atoms with E-state index < -0.39 is 4.92 Å². The van der Waals surface area contributed by atoms with Gasteiger partial charge in [-0.1, -0.05) is 12.1 Å². The van der Waals surface area contributed by atoms with Crippen molar-refractivity contribution in [2.24, 2.45) is 0 Å². The number of amides is 1. The number of nitro benzene ring substituents is 1. The lowest BCUT2D eigenvalue weighted by Crippen LogP contribution is -2.05. The zero-order chi connectivity index (χ0) is 15.2. The van der Waals surface area contributed by atoms with Crippen molar-refractivity contribution in [1.82, 2.24) is 4.98 Å². The summed E-state index contributed by atoms with van der Waals surface area (Å²) in [5.74, 6) is -0.123. The number of nitro groups is 1. The number of rotatable bonds is 6. The zero-order valence-corrected chi connectivity index (χ0v) is 12.4. The fourth-order valence-electron chi connectivity index (χ4n) is 1.89. The Morgan fingerprint density at radius 1 is 1.33 bits per heavy atom. The molecule has 0 saturated heterocycles. The summed E-state index contributed by atoms with van der Waals surface area (Å²) in [6, 6.07) is 6.60. The van der Waals surface area contributed by atoms with E-state index >= 15 is 0 Å². The van der Waals surface area contributed by atoms with Crippen LogP contribution in [0.3, 0.4) is 0 Å². The number of nitrogens with one attached hydrogen (secondary N) is 1. The number of carbonyl (C=O) groups is 1. The lowest BCUT2D eigenvalue weighted by atomic mass is 10.1. The van der Waals surface area contributed by atoms with Crippen molar-refractivity contribution in [1.29, 1.82) is 0 Å². The topological polar surface area (TPSA) is 85.1 Å². The summed E-state index contributed by atoms with van der Waals surface area (Å²) in [6.45, 7) is 1.45. The molecule has 0 radical (unpaired) electrons. The maximum atomic E-state index is 10.9. The number of anilines is 1. The normalized spacial score (nSPS) is 10.3.